The predicted octanol–water partition coefficient (Wildman–Crippen LogP) is 4.42. The summed E-state index contributed by atoms with van der Waals surface area (Å²) >= 11 is 1.55. The molecule has 0 saturated heterocycles. The Morgan fingerprint density at radius 3 is 2.69 bits per heavy atom. The van der Waals surface area contributed by atoms with Gasteiger partial charge in [0, 0.05) is 7.05 Å². The molecule has 1 N–H and O–H groups in total. The smallest absolute Gasteiger partial charge is 0.240 e. The lowest BCUT2D eigenvalue weighted by Gasteiger charge is -2.19. The molecule has 2 aromatic heterocycles. The van der Waals surface area contributed by atoms with Crippen molar-refractivity contribution in [2.45, 2.75) is 26.8 Å². The van der Waals surface area contributed by atoms with E-state index < -0.39 is 0 Å². The number of nitrogens with zero attached hydrogens (tertiary/aromatic N) is 4. The number of hydrogen-bond acceptors (Lipinski definition) is 6. The number of anilines is 1. The normalized spacial score (nSPS) is 12.0. The molecule has 0 radical (unpaired) electrons. The fourth-order valence-electron chi connectivity index (χ4n) is 3.52. The summed E-state index contributed by atoms with van der Waals surface area (Å²) < 4.78 is 8.17. The molecule has 0 aliphatic rings. The predicted molar refractivity (Wildman–Crippen MR) is 129 cm³/mol. The minimum atomic E-state index is -0.126. The lowest BCUT2D eigenvalue weighted by molar-refractivity contribution is -0.120. The van der Waals surface area contributed by atoms with Gasteiger partial charge in [-0.05, 0) is 50.6 Å². The molecule has 32 heavy (non-hydrogen) atoms. The number of rotatable bonds is 7. The third-order valence-corrected chi connectivity index (χ3v) is 6.60. The second kappa shape index (κ2) is 9.00. The van der Waals surface area contributed by atoms with Crippen molar-refractivity contribution in [2.24, 2.45) is 0 Å². The van der Waals surface area contributed by atoms with E-state index in [-0.39, 0.29) is 18.5 Å². The molecule has 4 rings (SSSR count). The van der Waals surface area contributed by atoms with Crippen LogP contribution in [0.4, 0.5) is 5.13 Å². The van der Waals surface area contributed by atoms with Gasteiger partial charge in [-0.25, -0.2) is 4.68 Å². The molecule has 1 atom stereocenters. The van der Waals surface area contributed by atoms with Crippen molar-refractivity contribution in [3.8, 4) is 11.4 Å². The van der Waals surface area contributed by atoms with Crippen LogP contribution in [0.25, 0.3) is 16.0 Å². The molecule has 7 nitrogen and oxygen atoms in total. The second-order valence-corrected chi connectivity index (χ2v) is 8.88. The summed E-state index contributed by atoms with van der Waals surface area (Å²) in [6, 6.07) is 15.8. The van der Waals surface area contributed by atoms with Crippen LogP contribution in [0.1, 0.15) is 29.8 Å². The minimum Gasteiger partial charge on any atom is -0.497 e. The standard InChI is InChI=1S/C24H27N5O2S/c1-15-9-11-19(12-10-15)29-23-22(17(3)27-29)32-24(26-23)28(4)14-21(30)25-16(2)18-7-6-8-20(13-18)31-5/h6-13,16H,14H2,1-5H3,(H,25,30). The average Bonchev–Trinajstić information content (AvgIpc) is 3.35. The Kier molecular flexibility index (Phi) is 6.14. The van der Waals surface area contributed by atoms with Crippen LogP contribution in [0, 0.1) is 13.8 Å². The van der Waals surface area contributed by atoms with Crippen molar-refractivity contribution >= 4 is 32.7 Å². The number of methoxy groups -OCH3 is 1. The Hall–Kier alpha value is -3.39. The number of carbonyl (C=O) groups excluding carboxylic acids is 1. The first-order chi connectivity index (χ1) is 15.4. The maximum Gasteiger partial charge on any atom is 0.240 e. The van der Waals surface area contributed by atoms with Gasteiger partial charge in [-0.2, -0.15) is 10.1 Å². The highest BCUT2D eigenvalue weighted by molar-refractivity contribution is 7.22. The molecule has 0 spiro atoms. The summed E-state index contributed by atoms with van der Waals surface area (Å²) in [5.74, 6) is 0.701. The van der Waals surface area contributed by atoms with Crippen molar-refractivity contribution in [1.29, 1.82) is 0 Å². The van der Waals surface area contributed by atoms with Crippen LogP contribution in [0.3, 0.4) is 0 Å². The van der Waals surface area contributed by atoms with E-state index in [1.165, 1.54) is 5.56 Å². The third kappa shape index (κ3) is 4.45. The SMILES string of the molecule is COc1cccc(C(C)NC(=O)CN(C)c2nc3c(s2)c(C)nn3-c2ccc(C)cc2)c1. The quantitative estimate of drug-likeness (QED) is 0.452. The van der Waals surface area contributed by atoms with Gasteiger partial charge in [0.1, 0.15) is 5.75 Å². The Morgan fingerprint density at radius 2 is 1.97 bits per heavy atom. The molecule has 0 aliphatic carbocycles. The van der Waals surface area contributed by atoms with Crippen LogP contribution in [0.5, 0.6) is 5.75 Å². The van der Waals surface area contributed by atoms with E-state index in [9.17, 15) is 4.79 Å². The van der Waals surface area contributed by atoms with Gasteiger partial charge < -0.3 is 15.0 Å². The zero-order valence-electron chi connectivity index (χ0n) is 18.9. The summed E-state index contributed by atoms with van der Waals surface area (Å²) in [4.78, 5) is 19.3. The number of hydrogen-bond donors (Lipinski definition) is 1. The van der Waals surface area contributed by atoms with E-state index in [4.69, 9.17) is 9.72 Å². The van der Waals surface area contributed by atoms with Gasteiger partial charge in [0.25, 0.3) is 0 Å². The zero-order chi connectivity index (χ0) is 22.8. The molecule has 2 aromatic carbocycles. The van der Waals surface area contributed by atoms with E-state index in [0.717, 1.165) is 38.2 Å². The highest BCUT2D eigenvalue weighted by Crippen LogP contribution is 2.32. The molecule has 8 heteroatoms. The topological polar surface area (TPSA) is 72.3 Å². The molecule has 4 aromatic rings. The number of amides is 1. The van der Waals surface area contributed by atoms with Crippen LogP contribution < -0.4 is 15.0 Å². The van der Waals surface area contributed by atoms with Gasteiger partial charge in [0.05, 0.1) is 35.8 Å². The summed E-state index contributed by atoms with van der Waals surface area (Å²) in [5, 5.41) is 8.49. The van der Waals surface area contributed by atoms with Gasteiger partial charge >= 0.3 is 0 Å². The maximum absolute atomic E-state index is 12.7. The van der Waals surface area contributed by atoms with Gasteiger partial charge in [0.15, 0.2) is 10.8 Å². The largest absolute Gasteiger partial charge is 0.497 e. The van der Waals surface area contributed by atoms with Gasteiger partial charge in [-0.15, -0.1) is 0 Å². The number of aryl methyl sites for hydroxylation is 2. The fourth-order valence-corrected chi connectivity index (χ4v) is 4.46. The molecule has 166 valence electrons. The van der Waals surface area contributed by atoms with Crippen LogP contribution in [0.2, 0.25) is 0 Å². The molecule has 1 amide bonds. The fraction of sp³-hybridized carbons (Fsp3) is 0.292. The lowest BCUT2D eigenvalue weighted by atomic mass is 10.1. The van der Waals surface area contributed by atoms with E-state index in [1.54, 1.807) is 18.4 Å². The van der Waals surface area contributed by atoms with Crippen LogP contribution in [0.15, 0.2) is 48.5 Å². The lowest BCUT2D eigenvalue weighted by Crippen LogP contribution is -2.36. The van der Waals surface area contributed by atoms with E-state index in [1.807, 2.05) is 66.9 Å². The molecular formula is C24H27N5O2S. The number of thiazole rings is 1. The van der Waals surface area contributed by atoms with E-state index >= 15 is 0 Å². The van der Waals surface area contributed by atoms with Crippen molar-refractivity contribution in [1.82, 2.24) is 20.1 Å². The summed E-state index contributed by atoms with van der Waals surface area (Å²) in [5.41, 5.74) is 4.89. The Morgan fingerprint density at radius 1 is 1.22 bits per heavy atom. The van der Waals surface area contributed by atoms with Gasteiger partial charge in [-0.3, -0.25) is 4.79 Å². The van der Waals surface area contributed by atoms with Crippen LogP contribution in [-0.2, 0) is 4.79 Å². The van der Waals surface area contributed by atoms with Crippen molar-refractivity contribution in [2.75, 3.05) is 25.6 Å². The van der Waals surface area contributed by atoms with Crippen LogP contribution in [-0.4, -0.2) is 41.4 Å². The highest BCUT2D eigenvalue weighted by Gasteiger charge is 2.19. The number of aromatic nitrogens is 3. The summed E-state index contributed by atoms with van der Waals surface area (Å²) in [7, 11) is 3.52. The average molecular weight is 450 g/mol. The highest BCUT2D eigenvalue weighted by atomic mass is 32.1. The number of fused-ring (bicyclic) bond motifs is 1. The van der Waals surface area contributed by atoms with Crippen molar-refractivity contribution in [3.63, 3.8) is 0 Å². The van der Waals surface area contributed by atoms with Gasteiger partial charge in [0.2, 0.25) is 5.91 Å². The van der Waals surface area contributed by atoms with E-state index in [2.05, 4.69) is 29.5 Å². The number of likely N-dealkylation sites (N-methyl/N-ethyl adjacent to an activating group) is 1. The van der Waals surface area contributed by atoms with Crippen molar-refractivity contribution < 1.29 is 9.53 Å². The molecule has 1 unspecified atom stereocenters. The Bertz CT molecular complexity index is 1250. The molecule has 0 saturated carbocycles. The molecular weight excluding hydrogens is 422 g/mol. The summed E-state index contributed by atoms with van der Waals surface area (Å²) in [6.45, 7) is 6.21. The molecule has 0 bridgehead atoms. The number of carbonyl (C=O) groups is 1. The monoisotopic (exact) mass is 449 g/mol. The molecule has 0 aliphatic heterocycles. The maximum atomic E-state index is 12.7. The number of benzene rings is 2. The Labute approximate surface area is 191 Å². The summed E-state index contributed by atoms with van der Waals surface area (Å²) in [6.07, 6.45) is 0. The first-order valence-electron chi connectivity index (χ1n) is 10.4. The second-order valence-electron chi connectivity index (χ2n) is 7.90. The number of ether oxygens (including phenoxy) is 1. The first-order valence-corrected chi connectivity index (χ1v) is 11.2. The van der Waals surface area contributed by atoms with E-state index in [0.29, 0.717) is 0 Å². The van der Waals surface area contributed by atoms with Gasteiger partial charge in [-0.1, -0.05) is 41.2 Å². The van der Waals surface area contributed by atoms with Crippen molar-refractivity contribution in [3.05, 3.63) is 65.4 Å². The Balaban J connectivity index is 1.48. The minimum absolute atomic E-state index is 0.0704. The van der Waals surface area contributed by atoms with Crippen LogP contribution >= 0.6 is 11.3 Å². The molecule has 0 fully saturated rings. The first kappa shape index (κ1) is 21.8. The third-order valence-electron chi connectivity index (χ3n) is 5.33. The zero-order valence-corrected chi connectivity index (χ0v) is 19.7. The molecule has 2 heterocycles. The number of nitrogens with one attached hydrogen (secondary N) is 1.